The van der Waals surface area contributed by atoms with Crippen LogP contribution in [0, 0.1) is 0 Å². The highest BCUT2D eigenvalue weighted by Gasteiger charge is 2.10. The second kappa shape index (κ2) is 4.54. The third-order valence-corrected chi connectivity index (χ3v) is 3.30. The largest absolute Gasteiger partial charge is 0.506 e. The van der Waals surface area contributed by atoms with Gasteiger partial charge in [0.05, 0.1) is 5.02 Å². The molecule has 0 atom stereocenters. The standard InChI is InChI=1S/C12H7Cl3O/c13-8-3-1-2-7(6-8)9-4-5-10(16)12(15)11(9)14/h1-6,16H. The molecule has 0 bridgehead atoms. The van der Waals surface area contributed by atoms with Crippen molar-refractivity contribution in [3.8, 4) is 16.9 Å². The van der Waals surface area contributed by atoms with Gasteiger partial charge in [0.2, 0.25) is 0 Å². The minimum Gasteiger partial charge on any atom is -0.506 e. The first-order valence-corrected chi connectivity index (χ1v) is 5.66. The number of halogens is 3. The summed E-state index contributed by atoms with van der Waals surface area (Å²) in [6, 6.07) is 10.5. The summed E-state index contributed by atoms with van der Waals surface area (Å²) >= 11 is 17.8. The minimum absolute atomic E-state index is 0.0301. The Balaban J connectivity index is 2.61. The lowest BCUT2D eigenvalue weighted by atomic mass is 10.1. The highest BCUT2D eigenvalue weighted by Crippen LogP contribution is 2.39. The number of rotatable bonds is 1. The van der Waals surface area contributed by atoms with Crippen LogP contribution in [0.4, 0.5) is 0 Å². The van der Waals surface area contributed by atoms with E-state index < -0.39 is 0 Å². The van der Waals surface area contributed by atoms with Gasteiger partial charge in [-0.25, -0.2) is 0 Å². The summed E-state index contributed by atoms with van der Waals surface area (Å²) in [4.78, 5) is 0. The molecule has 0 aliphatic carbocycles. The van der Waals surface area contributed by atoms with Gasteiger partial charge in [0.25, 0.3) is 0 Å². The molecule has 0 amide bonds. The Morgan fingerprint density at radius 1 is 0.875 bits per heavy atom. The first-order chi connectivity index (χ1) is 7.59. The summed E-state index contributed by atoms with van der Waals surface area (Å²) in [7, 11) is 0. The normalized spacial score (nSPS) is 10.4. The van der Waals surface area contributed by atoms with Gasteiger partial charge in [0, 0.05) is 10.6 Å². The van der Waals surface area contributed by atoms with Crippen LogP contribution in [0.1, 0.15) is 0 Å². The van der Waals surface area contributed by atoms with Crippen LogP contribution in [-0.4, -0.2) is 5.11 Å². The molecule has 0 saturated carbocycles. The molecular formula is C12H7Cl3O. The summed E-state index contributed by atoms with van der Waals surface area (Å²) in [6.45, 7) is 0. The van der Waals surface area contributed by atoms with E-state index in [1.807, 2.05) is 12.1 Å². The van der Waals surface area contributed by atoms with Crippen molar-refractivity contribution < 1.29 is 5.11 Å². The molecule has 0 heterocycles. The molecular weight excluding hydrogens is 266 g/mol. The van der Waals surface area contributed by atoms with Gasteiger partial charge in [0.1, 0.15) is 10.8 Å². The van der Waals surface area contributed by atoms with Crippen molar-refractivity contribution in [2.45, 2.75) is 0 Å². The van der Waals surface area contributed by atoms with E-state index >= 15 is 0 Å². The summed E-state index contributed by atoms with van der Waals surface area (Å²) in [5, 5.41) is 10.5. The van der Waals surface area contributed by atoms with Gasteiger partial charge >= 0.3 is 0 Å². The van der Waals surface area contributed by atoms with E-state index in [4.69, 9.17) is 34.8 Å². The molecule has 0 fully saturated rings. The van der Waals surface area contributed by atoms with E-state index in [-0.39, 0.29) is 10.8 Å². The Labute approximate surface area is 108 Å². The Morgan fingerprint density at radius 2 is 1.62 bits per heavy atom. The summed E-state index contributed by atoms with van der Waals surface area (Å²) in [6.07, 6.45) is 0. The van der Waals surface area contributed by atoms with Gasteiger partial charge in [-0.15, -0.1) is 0 Å². The van der Waals surface area contributed by atoms with Crippen LogP contribution < -0.4 is 0 Å². The summed E-state index contributed by atoms with van der Waals surface area (Å²) in [5.41, 5.74) is 1.60. The van der Waals surface area contributed by atoms with E-state index in [9.17, 15) is 5.11 Å². The third kappa shape index (κ3) is 2.12. The van der Waals surface area contributed by atoms with E-state index in [1.54, 1.807) is 18.2 Å². The second-order valence-corrected chi connectivity index (χ2v) is 4.46. The zero-order chi connectivity index (χ0) is 11.7. The monoisotopic (exact) mass is 272 g/mol. The molecule has 0 spiro atoms. The molecule has 1 nitrogen and oxygen atoms in total. The Bertz CT molecular complexity index is 538. The smallest absolute Gasteiger partial charge is 0.135 e. The number of phenolic OH excluding ortho intramolecular Hbond substituents is 1. The number of benzene rings is 2. The predicted molar refractivity (Wildman–Crippen MR) is 68.6 cm³/mol. The third-order valence-electron chi connectivity index (χ3n) is 2.20. The molecule has 2 rings (SSSR count). The van der Waals surface area contributed by atoms with E-state index in [0.29, 0.717) is 10.0 Å². The molecule has 0 aliphatic heterocycles. The van der Waals surface area contributed by atoms with Crippen LogP contribution in [0.25, 0.3) is 11.1 Å². The molecule has 2 aromatic carbocycles. The van der Waals surface area contributed by atoms with E-state index in [0.717, 1.165) is 11.1 Å². The topological polar surface area (TPSA) is 20.2 Å². The maximum Gasteiger partial charge on any atom is 0.135 e. The molecule has 4 heteroatoms. The fraction of sp³-hybridized carbons (Fsp3) is 0. The molecule has 16 heavy (non-hydrogen) atoms. The molecule has 0 aliphatic rings. The first-order valence-electron chi connectivity index (χ1n) is 4.52. The number of hydrogen-bond donors (Lipinski definition) is 1. The SMILES string of the molecule is Oc1ccc(-c2cccc(Cl)c2)c(Cl)c1Cl. The van der Waals surface area contributed by atoms with Crippen LogP contribution in [0.3, 0.4) is 0 Å². The molecule has 0 saturated heterocycles. The average Bonchev–Trinajstić information content (AvgIpc) is 2.26. The van der Waals surface area contributed by atoms with Crippen molar-refractivity contribution in [1.82, 2.24) is 0 Å². The van der Waals surface area contributed by atoms with Gasteiger partial charge in [-0.2, -0.15) is 0 Å². The Kier molecular flexibility index (Phi) is 3.29. The fourth-order valence-corrected chi connectivity index (χ4v) is 2.04. The Morgan fingerprint density at radius 3 is 2.31 bits per heavy atom. The van der Waals surface area contributed by atoms with Crippen molar-refractivity contribution >= 4 is 34.8 Å². The van der Waals surface area contributed by atoms with Crippen molar-refractivity contribution in [1.29, 1.82) is 0 Å². The number of aromatic hydroxyl groups is 1. The fourth-order valence-electron chi connectivity index (χ4n) is 1.42. The molecule has 1 N–H and O–H groups in total. The predicted octanol–water partition coefficient (Wildman–Crippen LogP) is 5.02. The van der Waals surface area contributed by atoms with Crippen LogP contribution in [0.5, 0.6) is 5.75 Å². The van der Waals surface area contributed by atoms with Crippen LogP contribution >= 0.6 is 34.8 Å². The Hall–Kier alpha value is -0.890. The first kappa shape index (κ1) is 11.6. The zero-order valence-electron chi connectivity index (χ0n) is 8.05. The number of phenols is 1. The minimum atomic E-state index is -0.0301. The van der Waals surface area contributed by atoms with Crippen molar-refractivity contribution in [2.75, 3.05) is 0 Å². The highest BCUT2D eigenvalue weighted by atomic mass is 35.5. The quantitative estimate of drug-likeness (QED) is 0.773. The second-order valence-electron chi connectivity index (χ2n) is 3.27. The van der Waals surface area contributed by atoms with E-state index in [2.05, 4.69) is 0 Å². The van der Waals surface area contributed by atoms with Gasteiger partial charge in [-0.3, -0.25) is 0 Å². The highest BCUT2D eigenvalue weighted by molar-refractivity contribution is 6.44. The van der Waals surface area contributed by atoms with Crippen molar-refractivity contribution in [2.24, 2.45) is 0 Å². The van der Waals surface area contributed by atoms with Crippen molar-refractivity contribution in [3.63, 3.8) is 0 Å². The summed E-state index contributed by atoms with van der Waals surface area (Å²) < 4.78 is 0. The van der Waals surface area contributed by atoms with Crippen LogP contribution in [0.15, 0.2) is 36.4 Å². The molecule has 0 radical (unpaired) electrons. The van der Waals surface area contributed by atoms with E-state index in [1.165, 1.54) is 6.07 Å². The molecule has 82 valence electrons. The van der Waals surface area contributed by atoms with Crippen LogP contribution in [0.2, 0.25) is 15.1 Å². The average molecular weight is 274 g/mol. The lowest BCUT2D eigenvalue weighted by Gasteiger charge is -2.07. The zero-order valence-corrected chi connectivity index (χ0v) is 10.3. The van der Waals surface area contributed by atoms with Crippen LogP contribution in [-0.2, 0) is 0 Å². The lowest BCUT2D eigenvalue weighted by molar-refractivity contribution is 0.475. The van der Waals surface area contributed by atoms with Gasteiger partial charge in [0.15, 0.2) is 0 Å². The molecule has 0 unspecified atom stereocenters. The van der Waals surface area contributed by atoms with Gasteiger partial charge in [-0.05, 0) is 29.8 Å². The van der Waals surface area contributed by atoms with Gasteiger partial charge < -0.3 is 5.11 Å². The lowest BCUT2D eigenvalue weighted by Crippen LogP contribution is -1.81. The number of hydrogen-bond acceptors (Lipinski definition) is 1. The maximum atomic E-state index is 9.38. The maximum absolute atomic E-state index is 9.38. The van der Waals surface area contributed by atoms with Crippen molar-refractivity contribution in [3.05, 3.63) is 51.5 Å². The molecule has 0 aromatic heterocycles. The molecule has 2 aromatic rings. The summed E-state index contributed by atoms with van der Waals surface area (Å²) in [5.74, 6) is -0.0301. The van der Waals surface area contributed by atoms with Gasteiger partial charge in [-0.1, -0.05) is 46.9 Å².